The predicted molar refractivity (Wildman–Crippen MR) is 47.1 cm³/mol. The monoisotopic (exact) mass is 174 g/mol. The first-order valence-electron chi connectivity index (χ1n) is 4.37. The lowest BCUT2D eigenvalue weighted by Crippen LogP contribution is -2.32. The van der Waals surface area contributed by atoms with E-state index in [4.69, 9.17) is 9.84 Å². The van der Waals surface area contributed by atoms with Gasteiger partial charge < -0.3 is 9.84 Å². The second kappa shape index (κ2) is 5.14. The second-order valence-corrected chi connectivity index (χ2v) is 3.33. The number of aliphatic carboxylic acids is 1. The standard InChI is InChI=1S/C9H18O3/c1-5-7(4)8(9(10)11)12-6(2)3/h6-8H,5H2,1-4H3,(H,10,11)/t7?,8-/m0/s1. The summed E-state index contributed by atoms with van der Waals surface area (Å²) in [5, 5.41) is 8.80. The summed E-state index contributed by atoms with van der Waals surface area (Å²) >= 11 is 0. The summed E-state index contributed by atoms with van der Waals surface area (Å²) in [6, 6.07) is 0. The van der Waals surface area contributed by atoms with Crippen molar-refractivity contribution in [1.29, 1.82) is 0 Å². The van der Waals surface area contributed by atoms with Gasteiger partial charge in [0.25, 0.3) is 0 Å². The van der Waals surface area contributed by atoms with Crippen LogP contribution in [-0.4, -0.2) is 23.3 Å². The number of carbonyl (C=O) groups is 1. The fourth-order valence-electron chi connectivity index (χ4n) is 0.943. The third-order valence-electron chi connectivity index (χ3n) is 1.82. The van der Waals surface area contributed by atoms with E-state index in [1.54, 1.807) is 0 Å². The lowest BCUT2D eigenvalue weighted by Gasteiger charge is -2.21. The third kappa shape index (κ3) is 3.72. The summed E-state index contributed by atoms with van der Waals surface area (Å²) in [4.78, 5) is 10.7. The van der Waals surface area contributed by atoms with Gasteiger partial charge in [0.2, 0.25) is 0 Å². The Morgan fingerprint density at radius 1 is 1.42 bits per heavy atom. The molecular formula is C9H18O3. The fraction of sp³-hybridized carbons (Fsp3) is 0.889. The Bertz CT molecular complexity index is 143. The molecule has 0 radical (unpaired) electrons. The maximum absolute atomic E-state index is 10.7. The fourth-order valence-corrected chi connectivity index (χ4v) is 0.943. The highest BCUT2D eigenvalue weighted by Gasteiger charge is 2.24. The smallest absolute Gasteiger partial charge is 0.333 e. The van der Waals surface area contributed by atoms with Crippen molar-refractivity contribution in [3.63, 3.8) is 0 Å². The minimum atomic E-state index is -0.863. The molecule has 0 saturated heterocycles. The van der Waals surface area contributed by atoms with E-state index in [2.05, 4.69) is 0 Å². The molecule has 0 fully saturated rings. The van der Waals surface area contributed by atoms with Crippen LogP contribution in [0.1, 0.15) is 34.1 Å². The molecule has 0 aromatic rings. The molecule has 1 unspecified atom stereocenters. The van der Waals surface area contributed by atoms with Gasteiger partial charge in [-0.3, -0.25) is 0 Å². The minimum Gasteiger partial charge on any atom is -0.479 e. The Balaban J connectivity index is 4.13. The normalized spacial score (nSPS) is 16.1. The van der Waals surface area contributed by atoms with E-state index in [1.807, 2.05) is 27.7 Å². The number of carboxylic acid groups (broad SMARTS) is 1. The van der Waals surface area contributed by atoms with Crippen molar-refractivity contribution < 1.29 is 14.6 Å². The summed E-state index contributed by atoms with van der Waals surface area (Å²) in [6.45, 7) is 7.54. The van der Waals surface area contributed by atoms with Crippen LogP contribution in [0.2, 0.25) is 0 Å². The van der Waals surface area contributed by atoms with Crippen molar-refractivity contribution in [3.8, 4) is 0 Å². The van der Waals surface area contributed by atoms with E-state index in [-0.39, 0.29) is 12.0 Å². The van der Waals surface area contributed by atoms with Gasteiger partial charge in [0.15, 0.2) is 6.10 Å². The van der Waals surface area contributed by atoms with Crippen LogP contribution in [0.15, 0.2) is 0 Å². The van der Waals surface area contributed by atoms with Gasteiger partial charge in [-0.2, -0.15) is 0 Å². The summed E-state index contributed by atoms with van der Waals surface area (Å²) in [6.07, 6.45) is 0.138. The Kier molecular flexibility index (Phi) is 4.90. The summed E-state index contributed by atoms with van der Waals surface area (Å²) in [7, 11) is 0. The molecule has 2 atom stereocenters. The van der Waals surface area contributed by atoms with E-state index < -0.39 is 12.1 Å². The van der Waals surface area contributed by atoms with Crippen LogP contribution in [0.25, 0.3) is 0 Å². The molecule has 0 aliphatic carbocycles. The molecule has 0 rings (SSSR count). The summed E-state index contributed by atoms with van der Waals surface area (Å²) < 4.78 is 5.26. The van der Waals surface area contributed by atoms with Gasteiger partial charge in [-0.05, 0) is 19.8 Å². The number of hydrogen-bond donors (Lipinski definition) is 1. The van der Waals surface area contributed by atoms with E-state index >= 15 is 0 Å². The Labute approximate surface area is 73.7 Å². The topological polar surface area (TPSA) is 46.5 Å². The van der Waals surface area contributed by atoms with Crippen LogP contribution in [0.5, 0.6) is 0 Å². The summed E-state index contributed by atoms with van der Waals surface area (Å²) in [5.41, 5.74) is 0. The highest BCUT2D eigenvalue weighted by Crippen LogP contribution is 2.13. The van der Waals surface area contributed by atoms with E-state index in [9.17, 15) is 4.79 Å². The van der Waals surface area contributed by atoms with Gasteiger partial charge in [-0.25, -0.2) is 4.79 Å². The first-order chi connectivity index (χ1) is 5.49. The van der Waals surface area contributed by atoms with Crippen LogP contribution in [0.4, 0.5) is 0 Å². The SMILES string of the molecule is CCC(C)[C@H](OC(C)C)C(=O)O. The number of rotatable bonds is 5. The van der Waals surface area contributed by atoms with Crippen LogP contribution in [-0.2, 0) is 9.53 Å². The molecule has 0 heterocycles. The molecule has 12 heavy (non-hydrogen) atoms. The average molecular weight is 174 g/mol. The molecular weight excluding hydrogens is 156 g/mol. The molecule has 72 valence electrons. The number of ether oxygens (including phenoxy) is 1. The molecule has 0 aliphatic rings. The van der Waals surface area contributed by atoms with E-state index in [1.165, 1.54) is 0 Å². The zero-order valence-electron chi connectivity index (χ0n) is 8.20. The first kappa shape index (κ1) is 11.4. The van der Waals surface area contributed by atoms with Crippen molar-refractivity contribution in [2.75, 3.05) is 0 Å². The second-order valence-electron chi connectivity index (χ2n) is 3.33. The van der Waals surface area contributed by atoms with Crippen molar-refractivity contribution in [2.24, 2.45) is 5.92 Å². The van der Waals surface area contributed by atoms with Crippen LogP contribution < -0.4 is 0 Å². The quantitative estimate of drug-likeness (QED) is 0.692. The lowest BCUT2D eigenvalue weighted by molar-refractivity contribution is -0.157. The zero-order valence-corrected chi connectivity index (χ0v) is 8.20. The Morgan fingerprint density at radius 3 is 2.17 bits per heavy atom. The van der Waals surface area contributed by atoms with Crippen molar-refractivity contribution in [1.82, 2.24) is 0 Å². The molecule has 0 amide bonds. The molecule has 0 aliphatic heterocycles. The number of carboxylic acids is 1. The maximum Gasteiger partial charge on any atom is 0.333 e. The molecule has 1 N–H and O–H groups in total. The Hall–Kier alpha value is -0.570. The van der Waals surface area contributed by atoms with E-state index in [0.717, 1.165) is 6.42 Å². The van der Waals surface area contributed by atoms with Gasteiger partial charge >= 0.3 is 5.97 Å². The molecule has 0 bridgehead atoms. The highest BCUT2D eigenvalue weighted by atomic mass is 16.5. The average Bonchev–Trinajstić information content (AvgIpc) is 1.98. The van der Waals surface area contributed by atoms with Crippen LogP contribution in [0, 0.1) is 5.92 Å². The third-order valence-corrected chi connectivity index (χ3v) is 1.82. The molecule has 0 saturated carbocycles. The lowest BCUT2D eigenvalue weighted by atomic mass is 10.0. The van der Waals surface area contributed by atoms with Crippen LogP contribution >= 0.6 is 0 Å². The minimum absolute atomic E-state index is 0.0277. The van der Waals surface area contributed by atoms with Crippen molar-refractivity contribution in [3.05, 3.63) is 0 Å². The largest absolute Gasteiger partial charge is 0.479 e. The molecule has 0 spiro atoms. The molecule has 3 heteroatoms. The van der Waals surface area contributed by atoms with Gasteiger partial charge in [0.05, 0.1) is 6.10 Å². The van der Waals surface area contributed by atoms with Gasteiger partial charge in [0.1, 0.15) is 0 Å². The highest BCUT2D eigenvalue weighted by molar-refractivity contribution is 5.72. The van der Waals surface area contributed by atoms with Crippen molar-refractivity contribution >= 4 is 5.97 Å². The molecule has 3 nitrogen and oxygen atoms in total. The molecule has 0 aromatic carbocycles. The maximum atomic E-state index is 10.7. The van der Waals surface area contributed by atoms with Gasteiger partial charge in [0, 0.05) is 0 Å². The zero-order chi connectivity index (χ0) is 9.72. The van der Waals surface area contributed by atoms with Gasteiger partial charge in [-0.15, -0.1) is 0 Å². The molecule has 0 aromatic heterocycles. The Morgan fingerprint density at radius 2 is 1.92 bits per heavy atom. The van der Waals surface area contributed by atoms with Gasteiger partial charge in [-0.1, -0.05) is 20.3 Å². The predicted octanol–water partition coefficient (Wildman–Crippen LogP) is 1.91. The van der Waals surface area contributed by atoms with Crippen LogP contribution in [0.3, 0.4) is 0 Å². The summed E-state index contributed by atoms with van der Waals surface area (Å²) in [5.74, 6) is -0.789. The number of hydrogen-bond acceptors (Lipinski definition) is 2. The van der Waals surface area contributed by atoms with Crippen molar-refractivity contribution in [2.45, 2.75) is 46.3 Å². The first-order valence-corrected chi connectivity index (χ1v) is 4.37. The van der Waals surface area contributed by atoms with E-state index in [0.29, 0.717) is 0 Å².